The Bertz CT molecular complexity index is 670. The average molecular weight is 387 g/mol. The number of aliphatic imine (C=N–C) groups is 1. The van der Waals surface area contributed by atoms with Crippen molar-refractivity contribution in [1.82, 2.24) is 15.5 Å². The number of ether oxygens (including phenoxy) is 1. The number of methoxy groups -OCH3 is 1. The number of para-hydroxylation sites is 1. The minimum atomic E-state index is 0.255. The summed E-state index contributed by atoms with van der Waals surface area (Å²) in [6, 6.07) is 8.35. The van der Waals surface area contributed by atoms with Crippen molar-refractivity contribution in [2.75, 3.05) is 33.8 Å². The van der Waals surface area contributed by atoms with E-state index in [1.54, 1.807) is 14.2 Å². The van der Waals surface area contributed by atoms with Gasteiger partial charge in [-0.05, 0) is 37.3 Å². The number of hydrogen-bond acceptors (Lipinski definition) is 3. The molecule has 0 bridgehead atoms. The molecule has 1 aromatic rings. The Morgan fingerprint density at radius 3 is 2.75 bits per heavy atom. The Morgan fingerprint density at radius 1 is 1.21 bits per heavy atom. The number of carbonyl (C=O) groups is 1. The molecule has 1 saturated carbocycles. The van der Waals surface area contributed by atoms with Gasteiger partial charge in [-0.1, -0.05) is 37.5 Å². The SMILES string of the molecule is CN=C(NCCc1ccccc1OC)NC1CCN(C(=O)C2CCCCC2)C1. The lowest BCUT2D eigenvalue weighted by atomic mass is 9.88. The zero-order valence-corrected chi connectivity index (χ0v) is 17.2. The van der Waals surface area contributed by atoms with Crippen molar-refractivity contribution >= 4 is 11.9 Å². The van der Waals surface area contributed by atoms with Gasteiger partial charge in [-0.3, -0.25) is 9.79 Å². The molecule has 2 fully saturated rings. The van der Waals surface area contributed by atoms with Crippen molar-refractivity contribution in [3.05, 3.63) is 29.8 Å². The molecule has 28 heavy (non-hydrogen) atoms. The van der Waals surface area contributed by atoms with Gasteiger partial charge >= 0.3 is 0 Å². The molecule has 0 spiro atoms. The van der Waals surface area contributed by atoms with Gasteiger partial charge in [0.2, 0.25) is 5.91 Å². The van der Waals surface area contributed by atoms with Crippen LogP contribution in [0.25, 0.3) is 0 Å². The van der Waals surface area contributed by atoms with E-state index in [0.717, 1.165) is 57.0 Å². The predicted molar refractivity (Wildman–Crippen MR) is 113 cm³/mol. The van der Waals surface area contributed by atoms with Gasteiger partial charge in [0.15, 0.2) is 5.96 Å². The van der Waals surface area contributed by atoms with Gasteiger partial charge in [-0.25, -0.2) is 0 Å². The van der Waals surface area contributed by atoms with Crippen LogP contribution in [-0.4, -0.2) is 56.6 Å². The lowest BCUT2D eigenvalue weighted by Gasteiger charge is -2.26. The lowest BCUT2D eigenvalue weighted by molar-refractivity contribution is -0.135. The first-order valence-corrected chi connectivity index (χ1v) is 10.6. The first kappa shape index (κ1) is 20.5. The van der Waals surface area contributed by atoms with Gasteiger partial charge < -0.3 is 20.3 Å². The number of likely N-dealkylation sites (tertiary alicyclic amines) is 1. The highest BCUT2D eigenvalue weighted by molar-refractivity contribution is 5.81. The molecule has 6 heteroatoms. The maximum Gasteiger partial charge on any atom is 0.225 e. The van der Waals surface area contributed by atoms with E-state index in [4.69, 9.17) is 4.74 Å². The third-order valence-corrected chi connectivity index (χ3v) is 5.90. The fraction of sp³-hybridized carbons (Fsp3) is 0.636. The monoisotopic (exact) mass is 386 g/mol. The maximum absolute atomic E-state index is 12.7. The summed E-state index contributed by atoms with van der Waals surface area (Å²) in [5.74, 6) is 2.33. The van der Waals surface area contributed by atoms with E-state index in [-0.39, 0.29) is 12.0 Å². The molecule has 0 aromatic heterocycles. The molecule has 154 valence electrons. The van der Waals surface area contributed by atoms with Crippen molar-refractivity contribution in [1.29, 1.82) is 0 Å². The van der Waals surface area contributed by atoms with Crippen LogP contribution in [0.4, 0.5) is 0 Å². The van der Waals surface area contributed by atoms with E-state index in [1.807, 2.05) is 18.2 Å². The van der Waals surface area contributed by atoms with E-state index in [1.165, 1.54) is 24.8 Å². The average Bonchev–Trinajstić information content (AvgIpc) is 3.22. The normalized spacial score (nSPS) is 20.9. The van der Waals surface area contributed by atoms with Crippen molar-refractivity contribution in [2.24, 2.45) is 10.9 Å². The molecule has 6 nitrogen and oxygen atoms in total. The third kappa shape index (κ3) is 5.40. The van der Waals surface area contributed by atoms with Gasteiger partial charge in [0.25, 0.3) is 0 Å². The largest absolute Gasteiger partial charge is 0.496 e. The topological polar surface area (TPSA) is 66.0 Å². The van der Waals surface area contributed by atoms with Crippen molar-refractivity contribution < 1.29 is 9.53 Å². The van der Waals surface area contributed by atoms with Gasteiger partial charge in [-0.15, -0.1) is 0 Å². The first-order chi connectivity index (χ1) is 13.7. The molecule has 1 aromatic carbocycles. The van der Waals surface area contributed by atoms with Crippen LogP contribution in [0.15, 0.2) is 29.3 Å². The fourth-order valence-electron chi connectivity index (χ4n) is 4.30. The third-order valence-electron chi connectivity index (χ3n) is 5.90. The van der Waals surface area contributed by atoms with E-state index in [2.05, 4.69) is 26.6 Å². The number of benzene rings is 1. The van der Waals surface area contributed by atoms with Gasteiger partial charge in [0.05, 0.1) is 7.11 Å². The van der Waals surface area contributed by atoms with Crippen LogP contribution in [0.5, 0.6) is 5.75 Å². The molecule has 3 rings (SSSR count). The molecular formula is C22H34N4O2. The second-order valence-electron chi connectivity index (χ2n) is 7.81. The smallest absolute Gasteiger partial charge is 0.225 e. The summed E-state index contributed by atoms with van der Waals surface area (Å²) < 4.78 is 5.41. The molecule has 1 amide bonds. The fourth-order valence-corrected chi connectivity index (χ4v) is 4.30. The number of amides is 1. The maximum atomic E-state index is 12.7. The molecule has 2 N–H and O–H groups in total. The van der Waals surface area contributed by atoms with Crippen molar-refractivity contribution in [2.45, 2.75) is 51.0 Å². The number of carbonyl (C=O) groups excluding carboxylic acids is 1. The molecule has 1 saturated heterocycles. The van der Waals surface area contributed by atoms with Crippen LogP contribution in [0, 0.1) is 5.92 Å². The summed E-state index contributed by atoms with van der Waals surface area (Å²) in [6.07, 6.45) is 7.67. The summed E-state index contributed by atoms with van der Waals surface area (Å²) >= 11 is 0. The van der Waals surface area contributed by atoms with E-state index in [9.17, 15) is 4.79 Å². The minimum Gasteiger partial charge on any atom is -0.496 e. The number of hydrogen-bond donors (Lipinski definition) is 2. The van der Waals surface area contributed by atoms with Crippen LogP contribution < -0.4 is 15.4 Å². The standard InChI is InChI=1S/C22H34N4O2/c1-23-22(24-14-12-17-8-6-7-11-20(17)28-2)25-19-13-15-26(16-19)21(27)18-9-4-3-5-10-18/h6-8,11,18-19H,3-5,9-10,12-16H2,1-2H3,(H2,23,24,25). The minimum absolute atomic E-state index is 0.255. The second-order valence-corrected chi connectivity index (χ2v) is 7.81. The summed E-state index contributed by atoms with van der Waals surface area (Å²) in [5, 5.41) is 6.87. The summed E-state index contributed by atoms with van der Waals surface area (Å²) in [5.41, 5.74) is 1.18. The highest BCUT2D eigenvalue weighted by atomic mass is 16.5. The van der Waals surface area contributed by atoms with Gasteiger partial charge in [0.1, 0.15) is 5.75 Å². The van der Waals surface area contributed by atoms with Gasteiger partial charge in [0, 0.05) is 38.6 Å². The van der Waals surface area contributed by atoms with Crippen LogP contribution in [0.1, 0.15) is 44.1 Å². The van der Waals surface area contributed by atoms with Crippen molar-refractivity contribution in [3.63, 3.8) is 0 Å². The van der Waals surface area contributed by atoms with Crippen LogP contribution >= 0.6 is 0 Å². The number of rotatable bonds is 6. The molecule has 1 unspecified atom stereocenters. The Hall–Kier alpha value is -2.24. The van der Waals surface area contributed by atoms with Gasteiger partial charge in [-0.2, -0.15) is 0 Å². The molecule has 0 radical (unpaired) electrons. The van der Waals surface area contributed by atoms with Crippen LogP contribution in [-0.2, 0) is 11.2 Å². The molecule has 1 aliphatic heterocycles. The highest BCUT2D eigenvalue weighted by Gasteiger charge is 2.31. The highest BCUT2D eigenvalue weighted by Crippen LogP contribution is 2.26. The quantitative estimate of drug-likeness (QED) is 0.583. The zero-order valence-electron chi connectivity index (χ0n) is 17.2. The Kier molecular flexibility index (Phi) is 7.57. The summed E-state index contributed by atoms with van der Waals surface area (Å²) in [6.45, 7) is 2.41. The zero-order chi connectivity index (χ0) is 19.8. The Morgan fingerprint density at radius 2 is 2.00 bits per heavy atom. The molecule has 2 aliphatic rings. The van der Waals surface area contributed by atoms with E-state index in [0.29, 0.717) is 5.91 Å². The summed E-state index contributed by atoms with van der Waals surface area (Å²) in [7, 11) is 3.49. The molecular weight excluding hydrogens is 352 g/mol. The Balaban J connectivity index is 1.43. The lowest BCUT2D eigenvalue weighted by Crippen LogP contribution is -2.46. The molecule has 1 atom stereocenters. The number of nitrogens with one attached hydrogen (secondary N) is 2. The van der Waals surface area contributed by atoms with E-state index >= 15 is 0 Å². The summed E-state index contributed by atoms with van der Waals surface area (Å²) in [4.78, 5) is 19.1. The van der Waals surface area contributed by atoms with E-state index < -0.39 is 0 Å². The molecule has 1 aliphatic carbocycles. The number of guanidine groups is 1. The Labute approximate surface area is 168 Å². The van der Waals surface area contributed by atoms with Crippen molar-refractivity contribution in [3.8, 4) is 5.75 Å². The first-order valence-electron chi connectivity index (χ1n) is 10.6. The molecule has 1 heterocycles. The second kappa shape index (κ2) is 10.3. The predicted octanol–water partition coefficient (Wildman–Crippen LogP) is 2.58. The number of nitrogens with zero attached hydrogens (tertiary/aromatic N) is 2. The van der Waals surface area contributed by atoms with Crippen LogP contribution in [0.3, 0.4) is 0 Å². The van der Waals surface area contributed by atoms with Crippen LogP contribution in [0.2, 0.25) is 0 Å².